The molecule has 1 saturated heterocycles. The molecule has 2 aliphatic rings. The lowest BCUT2D eigenvalue weighted by atomic mass is 10.2. The third-order valence-electron chi connectivity index (χ3n) is 2.97. The first-order valence-electron chi connectivity index (χ1n) is 5.49. The van der Waals surface area contributed by atoms with Crippen LogP contribution in [0.25, 0.3) is 0 Å². The van der Waals surface area contributed by atoms with Gasteiger partial charge in [-0.1, -0.05) is 0 Å². The number of nitrogens with zero attached hydrogens (tertiary/aromatic N) is 3. The molecular formula is C10H11BrFN3O2. The zero-order valence-electron chi connectivity index (χ0n) is 9.03. The van der Waals surface area contributed by atoms with E-state index in [4.69, 9.17) is 4.74 Å². The second-order valence-electron chi connectivity index (χ2n) is 4.20. The second kappa shape index (κ2) is 3.97. The first-order chi connectivity index (χ1) is 8.16. The van der Waals surface area contributed by atoms with Gasteiger partial charge in [-0.15, -0.1) is 0 Å². The molecule has 0 aliphatic carbocycles. The molecule has 1 aromatic rings. The lowest BCUT2D eigenvalue weighted by Gasteiger charge is -2.30. The fourth-order valence-electron chi connectivity index (χ4n) is 1.90. The Kier molecular flexibility index (Phi) is 2.57. The summed E-state index contributed by atoms with van der Waals surface area (Å²) in [4.78, 5) is 13.7. The summed E-state index contributed by atoms with van der Waals surface area (Å²) in [6, 6.07) is 0. The third-order valence-corrected chi connectivity index (χ3v) is 3.68. The van der Waals surface area contributed by atoms with Gasteiger partial charge in [0.15, 0.2) is 11.9 Å². The van der Waals surface area contributed by atoms with Crippen LogP contribution in [0.15, 0.2) is 4.47 Å². The average molecular weight is 304 g/mol. The summed E-state index contributed by atoms with van der Waals surface area (Å²) in [5, 5.41) is 4.12. The van der Waals surface area contributed by atoms with Crippen molar-refractivity contribution >= 4 is 21.8 Å². The maximum absolute atomic E-state index is 13.1. The molecule has 1 fully saturated rings. The summed E-state index contributed by atoms with van der Waals surface area (Å²) in [5.41, 5.74) is 0.314. The summed E-state index contributed by atoms with van der Waals surface area (Å²) < 4.78 is 20.3. The van der Waals surface area contributed by atoms with E-state index in [1.807, 2.05) is 0 Å². The van der Waals surface area contributed by atoms with Gasteiger partial charge in [0.05, 0.1) is 6.54 Å². The minimum absolute atomic E-state index is 0.0155. The molecule has 0 spiro atoms. The second-order valence-corrected chi connectivity index (χ2v) is 5.00. The predicted molar refractivity (Wildman–Crippen MR) is 60.8 cm³/mol. The van der Waals surface area contributed by atoms with Crippen molar-refractivity contribution in [3.63, 3.8) is 0 Å². The van der Waals surface area contributed by atoms with E-state index in [1.54, 1.807) is 4.90 Å². The number of halogens is 2. The van der Waals surface area contributed by atoms with Crippen LogP contribution < -0.4 is 4.74 Å². The van der Waals surface area contributed by atoms with Gasteiger partial charge >= 0.3 is 0 Å². The van der Waals surface area contributed by atoms with Crippen LogP contribution in [0, 0.1) is 0 Å². The van der Waals surface area contributed by atoms with Crippen LogP contribution in [0.5, 0.6) is 5.88 Å². The van der Waals surface area contributed by atoms with Crippen molar-refractivity contribution < 1.29 is 13.9 Å². The third kappa shape index (κ3) is 1.72. The first-order valence-corrected chi connectivity index (χ1v) is 6.28. The SMILES string of the molecule is O=C(c1nn2c(c1Br)OCC(F)C2)N1CCC1. The molecule has 2 aliphatic heterocycles. The van der Waals surface area contributed by atoms with Crippen molar-refractivity contribution in [2.24, 2.45) is 0 Å². The number of hydrogen-bond acceptors (Lipinski definition) is 3. The fraction of sp³-hybridized carbons (Fsp3) is 0.600. The summed E-state index contributed by atoms with van der Waals surface area (Å²) in [5.74, 6) is 0.326. The number of rotatable bonds is 1. The number of likely N-dealkylation sites (tertiary alicyclic amines) is 1. The van der Waals surface area contributed by atoms with Gasteiger partial charge in [-0.3, -0.25) is 4.79 Å². The molecule has 0 N–H and O–H groups in total. The van der Waals surface area contributed by atoms with Gasteiger partial charge in [0.2, 0.25) is 5.88 Å². The van der Waals surface area contributed by atoms with E-state index >= 15 is 0 Å². The quantitative estimate of drug-likeness (QED) is 0.784. The first kappa shape index (κ1) is 11.0. The van der Waals surface area contributed by atoms with E-state index in [9.17, 15) is 9.18 Å². The van der Waals surface area contributed by atoms with Gasteiger partial charge in [0, 0.05) is 13.1 Å². The van der Waals surface area contributed by atoms with E-state index in [0.717, 1.165) is 19.5 Å². The molecule has 0 aromatic carbocycles. The average Bonchev–Trinajstić information content (AvgIpc) is 2.53. The maximum Gasteiger partial charge on any atom is 0.275 e. The topological polar surface area (TPSA) is 47.4 Å². The normalized spacial score (nSPS) is 22.7. The van der Waals surface area contributed by atoms with Crippen LogP contribution in [-0.2, 0) is 6.54 Å². The Hall–Kier alpha value is -1.11. The highest BCUT2D eigenvalue weighted by molar-refractivity contribution is 9.10. The van der Waals surface area contributed by atoms with Crippen molar-refractivity contribution in [2.45, 2.75) is 19.1 Å². The van der Waals surface area contributed by atoms with Gasteiger partial charge in [0.1, 0.15) is 11.1 Å². The van der Waals surface area contributed by atoms with Crippen LogP contribution in [0.4, 0.5) is 4.39 Å². The summed E-state index contributed by atoms with van der Waals surface area (Å²) in [6.45, 7) is 1.68. The standard InChI is InChI=1S/C10H11BrFN3O2/c11-7-8(9(16)14-2-1-3-14)13-15-4-6(12)5-17-10(7)15/h6H,1-5H2. The van der Waals surface area contributed by atoms with E-state index in [0.29, 0.717) is 16.0 Å². The molecule has 1 atom stereocenters. The highest BCUT2D eigenvalue weighted by Crippen LogP contribution is 2.32. The molecule has 3 heterocycles. The van der Waals surface area contributed by atoms with Crippen LogP contribution in [0.2, 0.25) is 0 Å². The number of carbonyl (C=O) groups excluding carboxylic acids is 1. The predicted octanol–water partition coefficient (Wildman–Crippen LogP) is 1.22. The summed E-state index contributed by atoms with van der Waals surface area (Å²) in [6.07, 6.45) is -0.0405. The molecule has 1 aromatic heterocycles. The summed E-state index contributed by atoms with van der Waals surface area (Å²) >= 11 is 3.30. The largest absolute Gasteiger partial charge is 0.474 e. The molecule has 1 unspecified atom stereocenters. The number of amides is 1. The van der Waals surface area contributed by atoms with Crippen molar-refractivity contribution in [3.05, 3.63) is 10.2 Å². The number of hydrogen-bond donors (Lipinski definition) is 0. The Labute approximate surface area is 106 Å². The molecule has 17 heavy (non-hydrogen) atoms. The minimum Gasteiger partial charge on any atom is -0.474 e. The minimum atomic E-state index is -1.07. The van der Waals surface area contributed by atoms with E-state index in [-0.39, 0.29) is 19.1 Å². The zero-order chi connectivity index (χ0) is 12.0. The number of ether oxygens (including phenoxy) is 1. The number of alkyl halides is 1. The Balaban J connectivity index is 1.93. The van der Waals surface area contributed by atoms with Crippen molar-refractivity contribution in [3.8, 4) is 5.88 Å². The van der Waals surface area contributed by atoms with Gasteiger partial charge in [-0.05, 0) is 22.4 Å². The molecule has 3 rings (SSSR count). The molecule has 0 saturated carbocycles. The van der Waals surface area contributed by atoms with Crippen molar-refractivity contribution in [2.75, 3.05) is 19.7 Å². The Morgan fingerprint density at radius 2 is 2.29 bits per heavy atom. The summed E-state index contributed by atoms with van der Waals surface area (Å²) in [7, 11) is 0. The molecule has 92 valence electrons. The van der Waals surface area contributed by atoms with E-state index < -0.39 is 6.17 Å². The molecular weight excluding hydrogens is 293 g/mol. The monoisotopic (exact) mass is 303 g/mol. The molecule has 0 radical (unpaired) electrons. The Bertz CT molecular complexity index is 472. The van der Waals surface area contributed by atoms with Gasteiger partial charge in [0.25, 0.3) is 5.91 Å². The van der Waals surface area contributed by atoms with Crippen LogP contribution in [0.1, 0.15) is 16.9 Å². The molecule has 1 amide bonds. The molecule has 0 bridgehead atoms. The molecule has 5 nitrogen and oxygen atoms in total. The number of carbonyl (C=O) groups is 1. The Morgan fingerprint density at radius 3 is 2.94 bits per heavy atom. The number of fused-ring (bicyclic) bond motifs is 1. The van der Waals surface area contributed by atoms with Crippen LogP contribution in [-0.4, -0.2) is 46.5 Å². The lowest BCUT2D eigenvalue weighted by Crippen LogP contribution is -2.42. The smallest absolute Gasteiger partial charge is 0.275 e. The highest BCUT2D eigenvalue weighted by Gasteiger charge is 2.31. The van der Waals surface area contributed by atoms with Gasteiger partial charge in [-0.25, -0.2) is 9.07 Å². The van der Waals surface area contributed by atoms with Crippen molar-refractivity contribution in [1.29, 1.82) is 0 Å². The van der Waals surface area contributed by atoms with E-state index in [2.05, 4.69) is 21.0 Å². The van der Waals surface area contributed by atoms with E-state index in [1.165, 1.54) is 4.68 Å². The highest BCUT2D eigenvalue weighted by atomic mass is 79.9. The maximum atomic E-state index is 13.1. The number of aromatic nitrogens is 2. The zero-order valence-corrected chi connectivity index (χ0v) is 10.6. The van der Waals surface area contributed by atoms with Crippen LogP contribution >= 0.6 is 15.9 Å². The van der Waals surface area contributed by atoms with Gasteiger partial charge < -0.3 is 9.64 Å². The van der Waals surface area contributed by atoms with Crippen molar-refractivity contribution in [1.82, 2.24) is 14.7 Å². The van der Waals surface area contributed by atoms with Crippen LogP contribution in [0.3, 0.4) is 0 Å². The Morgan fingerprint density at radius 1 is 1.53 bits per heavy atom. The lowest BCUT2D eigenvalue weighted by molar-refractivity contribution is 0.0643. The fourth-order valence-corrected chi connectivity index (χ4v) is 2.47. The molecule has 7 heteroatoms. The van der Waals surface area contributed by atoms with Gasteiger partial charge in [-0.2, -0.15) is 5.10 Å².